The Morgan fingerprint density at radius 2 is 1.10 bits per heavy atom. The second kappa shape index (κ2) is 7.00. The molecule has 1 aliphatic rings. The molecule has 0 spiro atoms. The van der Waals surface area contributed by atoms with Gasteiger partial charge in [-0.25, -0.2) is 0 Å². The summed E-state index contributed by atoms with van der Waals surface area (Å²) < 4.78 is 3.42. The summed E-state index contributed by atoms with van der Waals surface area (Å²) in [6.07, 6.45) is 9.28. The third-order valence-corrected chi connectivity index (χ3v) is 11.3. The van der Waals surface area contributed by atoms with Crippen LogP contribution in [0.25, 0.3) is 0 Å². The van der Waals surface area contributed by atoms with Gasteiger partial charge in [0.15, 0.2) is 0 Å². The molecular weight excluding hydrogens is 319 g/mol. The van der Waals surface area contributed by atoms with Gasteiger partial charge in [-0.2, -0.15) is 0 Å². The van der Waals surface area contributed by atoms with Crippen LogP contribution in [0.3, 0.4) is 0 Å². The number of rotatable bonds is 5. The Labute approximate surface area is 129 Å². The predicted octanol–water partition coefficient (Wildman–Crippen LogP) is 4.92. The average Bonchev–Trinajstić information content (AvgIpc) is 3.03. The molecule has 0 heterocycles. The van der Waals surface area contributed by atoms with Crippen molar-refractivity contribution in [2.45, 2.75) is 11.9 Å². The van der Waals surface area contributed by atoms with Crippen molar-refractivity contribution in [3.8, 4) is 0 Å². The number of benzene rings is 2. The van der Waals surface area contributed by atoms with Crippen LogP contribution in [0.15, 0.2) is 85.0 Å². The fourth-order valence-corrected chi connectivity index (χ4v) is 9.81. The molecule has 3 rings (SSSR count). The molecule has 1 aliphatic carbocycles. The molecule has 0 N–H and O–H groups in total. The second-order valence-electron chi connectivity index (χ2n) is 5.28. The topological polar surface area (TPSA) is 0 Å². The van der Waals surface area contributed by atoms with E-state index in [1.54, 1.807) is 0 Å². The van der Waals surface area contributed by atoms with Gasteiger partial charge in [0.25, 0.3) is 0 Å². The van der Waals surface area contributed by atoms with Crippen molar-refractivity contribution in [1.82, 2.24) is 0 Å². The van der Waals surface area contributed by atoms with Gasteiger partial charge in [0.05, 0.1) is 0 Å². The number of hydrogen-bond acceptors (Lipinski definition) is 0. The molecule has 99 valence electrons. The first-order chi connectivity index (χ1) is 9.92. The van der Waals surface area contributed by atoms with Crippen molar-refractivity contribution < 1.29 is 21.8 Å². The third kappa shape index (κ3) is 3.67. The summed E-state index contributed by atoms with van der Waals surface area (Å²) in [4.78, 5) is 0. The minimum absolute atomic E-state index is 0.762. The molecule has 0 saturated heterocycles. The van der Waals surface area contributed by atoms with Crippen molar-refractivity contribution in [2.24, 2.45) is 0 Å². The first kappa shape index (κ1) is 13.8. The summed E-state index contributed by atoms with van der Waals surface area (Å²) >= 11 is -1.56. The van der Waals surface area contributed by atoms with Gasteiger partial charge in [-0.15, -0.1) is 0 Å². The maximum absolute atomic E-state index is 2.42. The molecule has 1 heteroatoms. The molecule has 0 radical (unpaired) electrons. The molecule has 0 nitrogen and oxygen atoms in total. The zero-order valence-electron chi connectivity index (χ0n) is 11.6. The van der Waals surface area contributed by atoms with Gasteiger partial charge in [-0.1, -0.05) is 0 Å². The van der Waals surface area contributed by atoms with Crippen LogP contribution in [0.5, 0.6) is 0 Å². The molecule has 0 unspecified atom stereocenters. The first-order valence-electron chi connectivity index (χ1n) is 7.19. The molecule has 0 saturated carbocycles. The number of allylic oxidation sites excluding steroid dienone is 4. The van der Waals surface area contributed by atoms with Gasteiger partial charge < -0.3 is 0 Å². The van der Waals surface area contributed by atoms with E-state index < -0.39 is 21.8 Å². The molecule has 2 aromatic rings. The summed E-state index contributed by atoms with van der Waals surface area (Å²) in [5.41, 5.74) is 3.04. The molecular formula is C19H19Zr. The van der Waals surface area contributed by atoms with Gasteiger partial charge in [-0.05, 0) is 0 Å². The van der Waals surface area contributed by atoms with Gasteiger partial charge in [-0.3, -0.25) is 0 Å². The maximum atomic E-state index is 2.42. The molecule has 0 atom stereocenters. The van der Waals surface area contributed by atoms with E-state index in [0.717, 1.165) is 3.63 Å². The molecule has 0 amide bonds. The molecule has 0 bridgehead atoms. The van der Waals surface area contributed by atoms with Crippen molar-refractivity contribution in [3.05, 3.63) is 96.1 Å². The summed E-state index contributed by atoms with van der Waals surface area (Å²) in [5, 5.41) is 0. The average molecular weight is 339 g/mol. The van der Waals surface area contributed by atoms with Crippen LogP contribution in [-0.4, -0.2) is 0 Å². The molecule has 0 aromatic heterocycles. The third-order valence-electron chi connectivity index (χ3n) is 3.77. The normalized spacial score (nSPS) is 13.8. The Morgan fingerprint density at radius 1 is 0.650 bits per heavy atom. The summed E-state index contributed by atoms with van der Waals surface area (Å²) in [6.45, 7) is 0. The standard InChI is InChI=1S/2C7H7.C5H5.Zr/c2*1-7-5-3-2-4-6-7;1-2-4-5-3-1;/h2*2-6H,1H2;1-5H;. The minimum atomic E-state index is -1.56. The Balaban J connectivity index is 1.77. The van der Waals surface area contributed by atoms with E-state index in [4.69, 9.17) is 0 Å². The second-order valence-corrected chi connectivity index (χ2v) is 11.9. The Morgan fingerprint density at radius 3 is 1.55 bits per heavy atom. The predicted molar refractivity (Wildman–Crippen MR) is 82.3 cm³/mol. The van der Waals surface area contributed by atoms with E-state index in [1.807, 2.05) is 0 Å². The molecule has 2 aromatic carbocycles. The van der Waals surface area contributed by atoms with E-state index in [1.165, 1.54) is 19.4 Å². The van der Waals surface area contributed by atoms with Crippen molar-refractivity contribution >= 4 is 0 Å². The van der Waals surface area contributed by atoms with E-state index >= 15 is 0 Å². The quantitative estimate of drug-likeness (QED) is 0.726. The zero-order chi connectivity index (χ0) is 13.6. The SMILES string of the molecule is C1=C[CH]([Zr]([CH2]c2ccccc2)[CH2]c2ccccc2)C=C1. The van der Waals surface area contributed by atoms with Crippen LogP contribution in [0.4, 0.5) is 0 Å². The van der Waals surface area contributed by atoms with Crippen LogP contribution in [0.1, 0.15) is 11.1 Å². The van der Waals surface area contributed by atoms with E-state index in [-0.39, 0.29) is 0 Å². The van der Waals surface area contributed by atoms with Crippen molar-refractivity contribution in [2.75, 3.05) is 0 Å². The van der Waals surface area contributed by atoms with Crippen LogP contribution in [0.2, 0.25) is 3.63 Å². The van der Waals surface area contributed by atoms with Crippen LogP contribution in [-0.2, 0) is 30.0 Å². The summed E-state index contributed by atoms with van der Waals surface area (Å²) in [7, 11) is 0. The zero-order valence-corrected chi connectivity index (χ0v) is 14.0. The summed E-state index contributed by atoms with van der Waals surface area (Å²) in [6, 6.07) is 22.0. The fraction of sp³-hybridized carbons (Fsp3) is 0.158. The van der Waals surface area contributed by atoms with Crippen LogP contribution < -0.4 is 0 Å². The van der Waals surface area contributed by atoms with Gasteiger partial charge >= 0.3 is 130 Å². The molecule has 0 aliphatic heterocycles. The Kier molecular flexibility index (Phi) is 4.82. The van der Waals surface area contributed by atoms with Crippen LogP contribution >= 0.6 is 0 Å². The van der Waals surface area contributed by atoms with Gasteiger partial charge in [0.1, 0.15) is 0 Å². The van der Waals surface area contributed by atoms with E-state index in [2.05, 4.69) is 85.0 Å². The van der Waals surface area contributed by atoms with Crippen molar-refractivity contribution in [3.63, 3.8) is 0 Å². The van der Waals surface area contributed by atoms with Crippen molar-refractivity contribution in [1.29, 1.82) is 0 Å². The fourth-order valence-electron chi connectivity index (χ4n) is 2.72. The Hall–Kier alpha value is -1.20. The molecule has 0 fully saturated rings. The summed E-state index contributed by atoms with van der Waals surface area (Å²) in [5.74, 6) is 0. The monoisotopic (exact) mass is 337 g/mol. The molecule has 20 heavy (non-hydrogen) atoms. The van der Waals surface area contributed by atoms with Crippen LogP contribution in [0, 0.1) is 0 Å². The Bertz CT molecular complexity index is 530. The van der Waals surface area contributed by atoms with Gasteiger partial charge in [0.2, 0.25) is 0 Å². The van der Waals surface area contributed by atoms with E-state index in [0.29, 0.717) is 0 Å². The first-order valence-corrected chi connectivity index (χ1v) is 12.1. The number of hydrogen-bond donors (Lipinski definition) is 0. The van der Waals surface area contributed by atoms with Gasteiger partial charge in [0, 0.05) is 0 Å². The van der Waals surface area contributed by atoms with E-state index in [9.17, 15) is 0 Å².